The van der Waals surface area contributed by atoms with Crippen molar-refractivity contribution in [3.8, 4) is 0 Å². The Bertz CT molecular complexity index is 1280. The zero-order valence-electron chi connectivity index (χ0n) is 18.0. The van der Waals surface area contributed by atoms with Crippen LogP contribution in [0.3, 0.4) is 0 Å². The zero-order chi connectivity index (χ0) is 22.9. The summed E-state index contributed by atoms with van der Waals surface area (Å²) in [6, 6.07) is 12.5. The molecule has 3 aromatic rings. The molecule has 8 heteroatoms. The van der Waals surface area contributed by atoms with Crippen molar-refractivity contribution < 1.29 is 22.3 Å². The smallest absolute Gasteiger partial charge is 0.330 e. The summed E-state index contributed by atoms with van der Waals surface area (Å²) in [5, 5.41) is 1.01. The average molecular weight is 457 g/mol. The van der Waals surface area contributed by atoms with Crippen LogP contribution in [0.4, 0.5) is 4.39 Å². The van der Waals surface area contributed by atoms with E-state index in [4.69, 9.17) is 4.74 Å². The maximum Gasteiger partial charge on any atom is 0.330 e. The van der Waals surface area contributed by atoms with Gasteiger partial charge in [0.2, 0.25) is 10.0 Å². The fourth-order valence-electron chi connectivity index (χ4n) is 4.26. The minimum Gasteiger partial charge on any atom is -0.463 e. The van der Waals surface area contributed by atoms with Crippen molar-refractivity contribution in [2.45, 2.75) is 37.2 Å². The van der Waals surface area contributed by atoms with Gasteiger partial charge in [-0.05, 0) is 56.2 Å². The molecular weight excluding hydrogens is 431 g/mol. The average Bonchev–Trinajstić information content (AvgIpc) is 3.10. The van der Waals surface area contributed by atoms with Crippen LogP contribution < -0.4 is 0 Å². The van der Waals surface area contributed by atoms with Gasteiger partial charge in [-0.3, -0.25) is 0 Å². The second-order valence-electron chi connectivity index (χ2n) is 7.74. The van der Waals surface area contributed by atoms with Gasteiger partial charge >= 0.3 is 5.97 Å². The van der Waals surface area contributed by atoms with Gasteiger partial charge in [0, 0.05) is 47.9 Å². The molecule has 4 rings (SSSR count). The molecule has 0 fully saturated rings. The van der Waals surface area contributed by atoms with E-state index < -0.39 is 21.8 Å². The number of ether oxygens (including phenoxy) is 1. The lowest BCUT2D eigenvalue weighted by Gasteiger charge is -2.32. The molecule has 1 atom stereocenters. The van der Waals surface area contributed by atoms with Crippen molar-refractivity contribution in [1.29, 1.82) is 0 Å². The first-order chi connectivity index (χ1) is 15.3. The molecule has 6 nitrogen and oxygen atoms in total. The largest absolute Gasteiger partial charge is 0.463 e. The number of esters is 1. The van der Waals surface area contributed by atoms with Crippen LogP contribution in [-0.2, 0) is 32.5 Å². The molecule has 0 amide bonds. The van der Waals surface area contributed by atoms with Gasteiger partial charge in [-0.2, -0.15) is 4.31 Å². The number of hydrogen-bond acceptors (Lipinski definition) is 4. The number of carbonyl (C=O) groups excluding carboxylic acids is 1. The van der Waals surface area contributed by atoms with Crippen LogP contribution in [0.1, 0.15) is 24.6 Å². The maximum absolute atomic E-state index is 13.3. The van der Waals surface area contributed by atoms with Crippen molar-refractivity contribution in [3.05, 3.63) is 71.7 Å². The summed E-state index contributed by atoms with van der Waals surface area (Å²) >= 11 is 0. The Morgan fingerprint density at radius 1 is 1.22 bits per heavy atom. The van der Waals surface area contributed by atoms with Crippen molar-refractivity contribution in [2.75, 3.05) is 13.7 Å². The second kappa shape index (κ2) is 8.88. The third kappa shape index (κ3) is 4.08. The zero-order valence-corrected chi connectivity index (χ0v) is 18.8. The van der Waals surface area contributed by atoms with Gasteiger partial charge in [0.05, 0.1) is 11.5 Å². The highest BCUT2D eigenvalue weighted by Crippen LogP contribution is 2.34. The number of sulfonamides is 1. The summed E-state index contributed by atoms with van der Waals surface area (Å²) < 4.78 is 48.0. The standard InChI is InChI=1S/C24H25FN2O4S/c1-3-31-24(28)15-13-21-20-6-4-5-7-22(20)27-16-18(10-14-23(21)27)26(2)32(29,30)19-11-8-17(25)9-12-19/h4-9,11-13,15,18H,3,10,14,16H2,1-2H3. The summed E-state index contributed by atoms with van der Waals surface area (Å²) in [7, 11) is -2.18. The van der Waals surface area contributed by atoms with Crippen LogP contribution in [-0.4, -0.2) is 43.0 Å². The Kier molecular flexibility index (Phi) is 6.17. The summed E-state index contributed by atoms with van der Waals surface area (Å²) in [6.07, 6.45) is 4.51. The number of para-hydroxylation sites is 1. The van der Waals surface area contributed by atoms with E-state index >= 15 is 0 Å². The van der Waals surface area contributed by atoms with Gasteiger partial charge in [0.1, 0.15) is 5.82 Å². The number of nitrogens with zero attached hydrogens (tertiary/aromatic N) is 2. The van der Waals surface area contributed by atoms with Crippen LogP contribution in [0.2, 0.25) is 0 Å². The lowest BCUT2D eigenvalue weighted by atomic mass is 10.0. The Balaban J connectivity index is 1.67. The molecule has 1 aliphatic rings. The third-order valence-corrected chi connectivity index (χ3v) is 7.83. The first-order valence-corrected chi connectivity index (χ1v) is 12.0. The first kappa shape index (κ1) is 22.2. The highest BCUT2D eigenvalue weighted by atomic mass is 32.2. The number of benzene rings is 2. The van der Waals surface area contributed by atoms with Gasteiger partial charge in [-0.1, -0.05) is 18.2 Å². The van der Waals surface area contributed by atoms with E-state index in [1.54, 1.807) is 20.0 Å². The fourth-order valence-corrected chi connectivity index (χ4v) is 5.64. The van der Waals surface area contributed by atoms with Gasteiger partial charge in [0.25, 0.3) is 0 Å². The summed E-state index contributed by atoms with van der Waals surface area (Å²) in [5.74, 6) is -0.869. The molecule has 2 aromatic carbocycles. The predicted octanol–water partition coefficient (Wildman–Crippen LogP) is 3.99. The third-order valence-electron chi connectivity index (χ3n) is 5.91. The lowest BCUT2D eigenvalue weighted by Crippen LogP contribution is -2.42. The SMILES string of the molecule is CCOC(=O)C=Cc1c2n(c3ccccc13)CC(N(C)S(=O)(=O)c1ccc(F)cc1)CC2. The van der Waals surface area contributed by atoms with Crippen LogP contribution in [0.5, 0.6) is 0 Å². The minimum absolute atomic E-state index is 0.0719. The first-order valence-electron chi connectivity index (χ1n) is 10.5. The molecular formula is C24H25FN2O4S. The van der Waals surface area contributed by atoms with Gasteiger partial charge in [-0.15, -0.1) is 0 Å². The molecule has 0 saturated heterocycles. The molecule has 1 unspecified atom stereocenters. The molecule has 1 aromatic heterocycles. The van der Waals surface area contributed by atoms with E-state index in [0.717, 1.165) is 34.3 Å². The highest BCUT2D eigenvalue weighted by Gasteiger charge is 2.32. The molecule has 0 N–H and O–H groups in total. The monoisotopic (exact) mass is 456 g/mol. The summed E-state index contributed by atoms with van der Waals surface area (Å²) in [6.45, 7) is 2.56. The van der Waals surface area contributed by atoms with Crippen LogP contribution in [0, 0.1) is 5.82 Å². The van der Waals surface area contributed by atoms with Gasteiger partial charge < -0.3 is 9.30 Å². The number of aromatic nitrogens is 1. The molecule has 0 saturated carbocycles. The lowest BCUT2D eigenvalue weighted by molar-refractivity contribution is -0.137. The van der Waals surface area contributed by atoms with E-state index in [9.17, 15) is 17.6 Å². The fraction of sp³-hybridized carbons (Fsp3) is 0.292. The van der Waals surface area contributed by atoms with E-state index in [-0.39, 0.29) is 10.9 Å². The van der Waals surface area contributed by atoms with Crippen molar-refractivity contribution in [3.63, 3.8) is 0 Å². The maximum atomic E-state index is 13.3. The molecule has 0 radical (unpaired) electrons. The molecule has 168 valence electrons. The minimum atomic E-state index is -3.75. The Labute approximate surface area is 187 Å². The molecule has 0 bridgehead atoms. The normalized spacial score (nSPS) is 16.6. The molecule has 0 spiro atoms. The highest BCUT2D eigenvalue weighted by molar-refractivity contribution is 7.89. The number of likely N-dealkylation sites (N-methyl/N-ethyl adjacent to an activating group) is 1. The predicted molar refractivity (Wildman–Crippen MR) is 121 cm³/mol. The van der Waals surface area contributed by atoms with Crippen molar-refractivity contribution in [2.24, 2.45) is 0 Å². The number of halogens is 1. The van der Waals surface area contributed by atoms with E-state index in [1.807, 2.05) is 24.3 Å². The molecule has 32 heavy (non-hydrogen) atoms. The summed E-state index contributed by atoms with van der Waals surface area (Å²) in [5.41, 5.74) is 3.01. The van der Waals surface area contributed by atoms with Crippen molar-refractivity contribution in [1.82, 2.24) is 8.87 Å². The quantitative estimate of drug-likeness (QED) is 0.416. The Morgan fingerprint density at radius 3 is 2.66 bits per heavy atom. The molecule has 2 heterocycles. The van der Waals surface area contributed by atoms with Gasteiger partial charge in [-0.25, -0.2) is 17.6 Å². The van der Waals surface area contributed by atoms with Crippen LogP contribution >= 0.6 is 0 Å². The Morgan fingerprint density at radius 2 is 1.94 bits per heavy atom. The van der Waals surface area contributed by atoms with Crippen molar-refractivity contribution >= 4 is 33.0 Å². The topological polar surface area (TPSA) is 68.6 Å². The van der Waals surface area contributed by atoms with Gasteiger partial charge in [0.15, 0.2) is 0 Å². The number of fused-ring (bicyclic) bond motifs is 3. The number of rotatable bonds is 6. The Hall–Kier alpha value is -2.97. The summed E-state index contributed by atoms with van der Waals surface area (Å²) in [4.78, 5) is 11.9. The molecule has 0 aliphatic carbocycles. The van der Waals surface area contributed by atoms with Crippen LogP contribution in [0.15, 0.2) is 59.5 Å². The molecule has 1 aliphatic heterocycles. The number of hydrogen-bond donors (Lipinski definition) is 0. The van der Waals surface area contributed by atoms with Crippen LogP contribution in [0.25, 0.3) is 17.0 Å². The second-order valence-corrected chi connectivity index (χ2v) is 9.74. The van der Waals surface area contributed by atoms with E-state index in [2.05, 4.69) is 4.57 Å². The number of carbonyl (C=O) groups is 1. The van der Waals surface area contributed by atoms with E-state index in [1.165, 1.54) is 22.5 Å². The van der Waals surface area contributed by atoms with E-state index in [0.29, 0.717) is 26.0 Å².